The Morgan fingerprint density at radius 2 is 2.20 bits per heavy atom. The van der Waals surface area contributed by atoms with Crippen LogP contribution in [0.15, 0.2) is 24.3 Å². The summed E-state index contributed by atoms with van der Waals surface area (Å²) in [6.45, 7) is 2.81. The molecule has 0 aliphatic heterocycles. The van der Waals surface area contributed by atoms with Crippen molar-refractivity contribution in [1.29, 1.82) is 5.26 Å². The molecule has 3 heteroatoms. The Hall–Kier alpha value is -1.37. The molecule has 0 fully saturated rings. The Labute approximate surface area is 91.3 Å². The van der Waals surface area contributed by atoms with Crippen LogP contribution in [0, 0.1) is 11.3 Å². The van der Waals surface area contributed by atoms with Crippen molar-refractivity contribution < 1.29 is 0 Å². The molecule has 0 unspecified atom stereocenters. The second-order valence-electron chi connectivity index (χ2n) is 3.79. The lowest BCUT2D eigenvalue weighted by atomic mass is 10.1. The second kappa shape index (κ2) is 6.18. The summed E-state index contributed by atoms with van der Waals surface area (Å²) in [7, 11) is 4.11. The van der Waals surface area contributed by atoms with E-state index in [1.807, 2.05) is 24.3 Å². The average Bonchev–Trinajstić information content (AvgIpc) is 2.24. The van der Waals surface area contributed by atoms with Gasteiger partial charge in [0.2, 0.25) is 0 Å². The normalized spacial score (nSPS) is 10.3. The van der Waals surface area contributed by atoms with Crippen LogP contribution in [0.1, 0.15) is 11.1 Å². The highest BCUT2D eigenvalue weighted by Crippen LogP contribution is 2.03. The maximum absolute atomic E-state index is 8.73. The third-order valence-corrected chi connectivity index (χ3v) is 2.12. The van der Waals surface area contributed by atoms with E-state index in [0.717, 1.165) is 30.8 Å². The third kappa shape index (κ3) is 4.59. The van der Waals surface area contributed by atoms with Gasteiger partial charge in [-0.3, -0.25) is 0 Å². The van der Waals surface area contributed by atoms with Crippen molar-refractivity contribution in [3.63, 3.8) is 0 Å². The van der Waals surface area contributed by atoms with Crippen LogP contribution in [-0.4, -0.2) is 32.1 Å². The van der Waals surface area contributed by atoms with Gasteiger partial charge in [0.1, 0.15) is 0 Å². The molecule has 15 heavy (non-hydrogen) atoms. The fourth-order valence-electron chi connectivity index (χ4n) is 1.29. The summed E-state index contributed by atoms with van der Waals surface area (Å²) in [5.74, 6) is 0. The molecule has 0 bridgehead atoms. The highest BCUT2D eigenvalue weighted by atomic mass is 15.1. The van der Waals surface area contributed by atoms with Gasteiger partial charge in [0.15, 0.2) is 0 Å². The molecule has 0 radical (unpaired) electrons. The van der Waals surface area contributed by atoms with E-state index in [1.165, 1.54) is 0 Å². The zero-order valence-electron chi connectivity index (χ0n) is 9.33. The Balaban J connectivity index is 2.35. The zero-order chi connectivity index (χ0) is 11.1. The van der Waals surface area contributed by atoms with Crippen LogP contribution in [0.25, 0.3) is 0 Å². The molecule has 0 saturated carbocycles. The minimum absolute atomic E-state index is 0.724. The van der Waals surface area contributed by atoms with E-state index < -0.39 is 0 Å². The van der Waals surface area contributed by atoms with Crippen molar-refractivity contribution in [2.75, 3.05) is 27.2 Å². The first-order valence-electron chi connectivity index (χ1n) is 5.07. The molecule has 0 heterocycles. The standard InChI is InChI=1S/C12H17N3/c1-15(2)7-6-14-10-12-5-3-4-11(8-12)9-13/h3-5,8,14H,6-7,10H2,1-2H3. The number of nitrogens with one attached hydrogen (secondary N) is 1. The predicted octanol–water partition coefficient (Wildman–Crippen LogP) is 1.21. The van der Waals surface area contributed by atoms with Gasteiger partial charge in [-0.2, -0.15) is 5.26 Å². The molecule has 1 aromatic carbocycles. The summed E-state index contributed by atoms with van der Waals surface area (Å²) >= 11 is 0. The van der Waals surface area contributed by atoms with E-state index in [2.05, 4.69) is 30.4 Å². The molecule has 1 N–H and O–H groups in total. The van der Waals surface area contributed by atoms with Gasteiger partial charge in [-0.25, -0.2) is 0 Å². The number of nitriles is 1. The number of hydrogen-bond donors (Lipinski definition) is 1. The van der Waals surface area contributed by atoms with Gasteiger partial charge >= 0.3 is 0 Å². The zero-order valence-corrected chi connectivity index (χ0v) is 9.33. The molecule has 0 aromatic heterocycles. The lowest BCUT2D eigenvalue weighted by molar-refractivity contribution is 0.400. The van der Waals surface area contributed by atoms with Gasteiger partial charge in [-0.1, -0.05) is 12.1 Å². The first-order chi connectivity index (χ1) is 7.22. The van der Waals surface area contributed by atoms with E-state index in [9.17, 15) is 0 Å². The summed E-state index contributed by atoms with van der Waals surface area (Å²) < 4.78 is 0. The summed E-state index contributed by atoms with van der Waals surface area (Å²) in [5, 5.41) is 12.1. The highest BCUT2D eigenvalue weighted by Gasteiger charge is 1.95. The maximum Gasteiger partial charge on any atom is 0.0991 e. The third-order valence-electron chi connectivity index (χ3n) is 2.12. The average molecular weight is 203 g/mol. The molecule has 0 atom stereocenters. The van der Waals surface area contributed by atoms with Gasteiger partial charge in [-0.15, -0.1) is 0 Å². The molecule has 1 rings (SSSR count). The molecule has 0 spiro atoms. The Morgan fingerprint density at radius 1 is 1.40 bits per heavy atom. The molecule has 0 aliphatic carbocycles. The fourth-order valence-corrected chi connectivity index (χ4v) is 1.29. The molecule has 0 aliphatic rings. The van der Waals surface area contributed by atoms with Crippen LogP contribution >= 0.6 is 0 Å². The van der Waals surface area contributed by atoms with Gasteiger partial charge in [0, 0.05) is 19.6 Å². The van der Waals surface area contributed by atoms with Crippen molar-refractivity contribution in [1.82, 2.24) is 10.2 Å². The summed E-state index contributed by atoms with van der Waals surface area (Å²) in [6.07, 6.45) is 0. The number of rotatable bonds is 5. The van der Waals surface area contributed by atoms with E-state index >= 15 is 0 Å². The molecule has 3 nitrogen and oxygen atoms in total. The highest BCUT2D eigenvalue weighted by molar-refractivity contribution is 5.32. The summed E-state index contributed by atoms with van der Waals surface area (Å²) in [4.78, 5) is 2.14. The summed E-state index contributed by atoms with van der Waals surface area (Å²) in [5.41, 5.74) is 1.88. The van der Waals surface area contributed by atoms with E-state index in [1.54, 1.807) is 0 Å². The van der Waals surface area contributed by atoms with Crippen molar-refractivity contribution in [3.05, 3.63) is 35.4 Å². The molecule has 0 saturated heterocycles. The van der Waals surface area contributed by atoms with Crippen LogP contribution < -0.4 is 5.32 Å². The molecule has 1 aromatic rings. The number of likely N-dealkylation sites (N-methyl/N-ethyl adjacent to an activating group) is 1. The second-order valence-corrected chi connectivity index (χ2v) is 3.79. The minimum atomic E-state index is 0.724. The number of hydrogen-bond acceptors (Lipinski definition) is 3. The Morgan fingerprint density at radius 3 is 2.87 bits per heavy atom. The van der Waals surface area contributed by atoms with Crippen LogP contribution in [0.4, 0.5) is 0 Å². The Kier molecular flexibility index (Phi) is 4.82. The fraction of sp³-hybridized carbons (Fsp3) is 0.417. The van der Waals surface area contributed by atoms with E-state index in [-0.39, 0.29) is 0 Å². The largest absolute Gasteiger partial charge is 0.311 e. The lowest BCUT2D eigenvalue weighted by Gasteiger charge is -2.10. The van der Waals surface area contributed by atoms with Gasteiger partial charge < -0.3 is 10.2 Å². The first kappa shape index (κ1) is 11.7. The monoisotopic (exact) mass is 203 g/mol. The predicted molar refractivity (Wildman–Crippen MR) is 61.4 cm³/mol. The topological polar surface area (TPSA) is 39.1 Å². The maximum atomic E-state index is 8.73. The molecular weight excluding hydrogens is 186 g/mol. The number of benzene rings is 1. The van der Waals surface area contributed by atoms with E-state index in [4.69, 9.17) is 5.26 Å². The lowest BCUT2D eigenvalue weighted by Crippen LogP contribution is -2.26. The van der Waals surface area contributed by atoms with Crippen molar-refractivity contribution in [3.8, 4) is 6.07 Å². The van der Waals surface area contributed by atoms with Crippen molar-refractivity contribution in [2.24, 2.45) is 0 Å². The van der Waals surface area contributed by atoms with Crippen LogP contribution in [0.5, 0.6) is 0 Å². The van der Waals surface area contributed by atoms with E-state index in [0.29, 0.717) is 0 Å². The van der Waals surface area contributed by atoms with Crippen LogP contribution in [0.2, 0.25) is 0 Å². The van der Waals surface area contributed by atoms with Crippen LogP contribution in [-0.2, 0) is 6.54 Å². The smallest absolute Gasteiger partial charge is 0.0991 e. The first-order valence-corrected chi connectivity index (χ1v) is 5.07. The molecular formula is C12H17N3. The minimum Gasteiger partial charge on any atom is -0.311 e. The van der Waals surface area contributed by atoms with Gasteiger partial charge in [-0.05, 0) is 31.8 Å². The SMILES string of the molecule is CN(C)CCNCc1cccc(C#N)c1. The van der Waals surface area contributed by atoms with Crippen molar-refractivity contribution in [2.45, 2.75) is 6.54 Å². The molecule has 80 valence electrons. The quantitative estimate of drug-likeness (QED) is 0.731. The van der Waals surface area contributed by atoms with Crippen molar-refractivity contribution >= 4 is 0 Å². The van der Waals surface area contributed by atoms with Crippen LogP contribution in [0.3, 0.4) is 0 Å². The molecule has 0 amide bonds. The Bertz CT molecular complexity index is 339. The van der Waals surface area contributed by atoms with Gasteiger partial charge in [0.05, 0.1) is 11.6 Å². The summed E-state index contributed by atoms with van der Waals surface area (Å²) in [6, 6.07) is 9.83. The number of nitrogens with zero attached hydrogens (tertiary/aromatic N) is 2. The van der Waals surface area contributed by atoms with Gasteiger partial charge in [0.25, 0.3) is 0 Å².